The monoisotopic (exact) mass is 273 g/mol. The largest absolute Gasteiger partial charge is 0.271 e. The molecule has 1 atom stereocenters. The van der Waals surface area contributed by atoms with E-state index in [2.05, 4.69) is 10.4 Å². The van der Waals surface area contributed by atoms with E-state index in [0.29, 0.717) is 0 Å². The molecule has 0 radical (unpaired) electrons. The van der Waals surface area contributed by atoms with Crippen molar-refractivity contribution in [3.05, 3.63) is 37.4 Å². The van der Waals surface area contributed by atoms with Crippen LogP contribution in [0.5, 0.6) is 0 Å². The van der Waals surface area contributed by atoms with Crippen molar-refractivity contribution in [1.29, 1.82) is 0 Å². The van der Waals surface area contributed by atoms with E-state index >= 15 is 0 Å². The molecule has 16 heavy (non-hydrogen) atoms. The summed E-state index contributed by atoms with van der Waals surface area (Å²) >= 11 is 9.48. The van der Waals surface area contributed by atoms with Crippen molar-refractivity contribution in [2.24, 2.45) is 5.84 Å². The Balaban J connectivity index is 2.20. The van der Waals surface area contributed by atoms with Crippen LogP contribution in [0.2, 0.25) is 5.02 Å². The first-order valence-electron chi connectivity index (χ1n) is 4.80. The predicted molar refractivity (Wildman–Crippen MR) is 69.9 cm³/mol. The maximum Gasteiger partial charge on any atom is 0.0944 e. The molecule has 0 aliphatic rings. The second kappa shape index (κ2) is 5.25. The molecular formula is C10H12ClN3S2. The van der Waals surface area contributed by atoms with Crippen LogP contribution >= 0.6 is 34.3 Å². The van der Waals surface area contributed by atoms with Gasteiger partial charge in [-0.15, -0.1) is 22.7 Å². The average molecular weight is 274 g/mol. The number of hydrogen-bond donors (Lipinski definition) is 2. The second-order valence-electron chi connectivity index (χ2n) is 3.45. The van der Waals surface area contributed by atoms with Gasteiger partial charge in [0.05, 0.1) is 16.1 Å². The Morgan fingerprint density at radius 2 is 2.38 bits per heavy atom. The van der Waals surface area contributed by atoms with Gasteiger partial charge in [-0.05, 0) is 17.9 Å². The molecule has 0 aliphatic carbocycles. The number of hydrazine groups is 1. The van der Waals surface area contributed by atoms with Gasteiger partial charge in [-0.25, -0.2) is 4.98 Å². The Kier molecular flexibility index (Phi) is 3.94. The Bertz CT molecular complexity index is 453. The summed E-state index contributed by atoms with van der Waals surface area (Å²) in [6.07, 6.45) is 2.57. The van der Waals surface area contributed by atoms with Crippen molar-refractivity contribution < 1.29 is 0 Å². The number of nitrogens with one attached hydrogen (secondary N) is 1. The molecule has 0 aromatic carbocycles. The van der Waals surface area contributed by atoms with E-state index < -0.39 is 0 Å². The van der Waals surface area contributed by atoms with Gasteiger partial charge in [0.1, 0.15) is 0 Å². The van der Waals surface area contributed by atoms with Crippen LogP contribution in [0.1, 0.15) is 21.5 Å². The maximum atomic E-state index is 6.22. The fourth-order valence-corrected chi connectivity index (χ4v) is 3.49. The highest BCUT2D eigenvalue weighted by molar-refractivity contribution is 7.11. The highest BCUT2D eigenvalue weighted by Crippen LogP contribution is 2.33. The van der Waals surface area contributed by atoms with Gasteiger partial charge < -0.3 is 0 Å². The van der Waals surface area contributed by atoms with Crippen LogP contribution in [-0.2, 0) is 6.42 Å². The van der Waals surface area contributed by atoms with Gasteiger partial charge in [0.2, 0.25) is 0 Å². The topological polar surface area (TPSA) is 50.9 Å². The zero-order valence-electron chi connectivity index (χ0n) is 8.74. The zero-order valence-corrected chi connectivity index (χ0v) is 11.1. The number of thiazole rings is 1. The van der Waals surface area contributed by atoms with Gasteiger partial charge in [0, 0.05) is 22.9 Å². The van der Waals surface area contributed by atoms with Gasteiger partial charge in [-0.2, -0.15) is 0 Å². The first kappa shape index (κ1) is 12.0. The van der Waals surface area contributed by atoms with E-state index in [9.17, 15) is 0 Å². The molecule has 6 heteroatoms. The minimum Gasteiger partial charge on any atom is -0.271 e. The summed E-state index contributed by atoms with van der Waals surface area (Å²) in [6, 6.07) is 0.0392. The molecule has 0 bridgehead atoms. The van der Waals surface area contributed by atoms with Crippen molar-refractivity contribution in [2.75, 3.05) is 0 Å². The smallest absolute Gasteiger partial charge is 0.0944 e. The molecule has 0 saturated heterocycles. The standard InChI is InChI=1S/C10H12ClN3S2/c1-6-5-16-10(9(6)11)7(14-12)4-8-13-2-3-15-8/h2-3,5,7,14H,4,12H2,1H3. The van der Waals surface area contributed by atoms with Gasteiger partial charge in [0.25, 0.3) is 0 Å². The third-order valence-corrected chi connectivity index (χ3v) is 4.93. The lowest BCUT2D eigenvalue weighted by Crippen LogP contribution is -2.29. The number of thiophene rings is 1. The summed E-state index contributed by atoms with van der Waals surface area (Å²) in [5, 5.41) is 5.88. The van der Waals surface area contributed by atoms with Crippen LogP contribution in [-0.4, -0.2) is 4.98 Å². The molecule has 0 spiro atoms. The van der Waals surface area contributed by atoms with E-state index in [-0.39, 0.29) is 6.04 Å². The number of nitrogens with zero attached hydrogens (tertiary/aromatic N) is 1. The highest BCUT2D eigenvalue weighted by atomic mass is 35.5. The van der Waals surface area contributed by atoms with E-state index in [1.54, 1.807) is 28.9 Å². The van der Waals surface area contributed by atoms with Crippen LogP contribution in [0, 0.1) is 6.92 Å². The average Bonchev–Trinajstić information content (AvgIpc) is 2.88. The number of aryl methyl sites for hydroxylation is 1. The van der Waals surface area contributed by atoms with Gasteiger partial charge >= 0.3 is 0 Å². The molecule has 0 fully saturated rings. The molecule has 3 N–H and O–H groups in total. The second-order valence-corrected chi connectivity index (χ2v) is 5.71. The van der Waals surface area contributed by atoms with Crippen LogP contribution in [0.15, 0.2) is 17.0 Å². The van der Waals surface area contributed by atoms with Crippen molar-refractivity contribution in [2.45, 2.75) is 19.4 Å². The third kappa shape index (κ3) is 2.44. The van der Waals surface area contributed by atoms with Crippen molar-refractivity contribution in [1.82, 2.24) is 10.4 Å². The fraction of sp³-hybridized carbons (Fsp3) is 0.300. The van der Waals surface area contributed by atoms with Gasteiger partial charge in [-0.1, -0.05) is 11.6 Å². The van der Waals surface area contributed by atoms with Crippen molar-refractivity contribution in [3.8, 4) is 0 Å². The SMILES string of the molecule is Cc1csc(C(Cc2nccs2)NN)c1Cl. The molecule has 2 heterocycles. The van der Waals surface area contributed by atoms with E-state index in [1.165, 1.54) is 0 Å². The molecule has 2 rings (SSSR count). The molecule has 1 unspecified atom stereocenters. The summed E-state index contributed by atoms with van der Waals surface area (Å²) in [4.78, 5) is 5.33. The minimum atomic E-state index is 0.0392. The lowest BCUT2D eigenvalue weighted by molar-refractivity contribution is 0.559. The van der Waals surface area contributed by atoms with Gasteiger partial charge in [-0.3, -0.25) is 11.3 Å². The van der Waals surface area contributed by atoms with E-state index in [4.69, 9.17) is 17.4 Å². The summed E-state index contributed by atoms with van der Waals surface area (Å²) in [6.45, 7) is 2.00. The Hall–Kier alpha value is -0.460. The van der Waals surface area contributed by atoms with Crippen LogP contribution in [0.25, 0.3) is 0 Å². The molecular weight excluding hydrogens is 262 g/mol. The zero-order chi connectivity index (χ0) is 11.5. The normalized spacial score (nSPS) is 12.9. The van der Waals surface area contributed by atoms with Crippen molar-refractivity contribution >= 4 is 34.3 Å². The number of halogens is 1. The summed E-state index contributed by atoms with van der Waals surface area (Å²) in [5.41, 5.74) is 3.90. The Morgan fingerprint density at radius 3 is 2.88 bits per heavy atom. The minimum absolute atomic E-state index is 0.0392. The van der Waals surface area contributed by atoms with Crippen LogP contribution < -0.4 is 11.3 Å². The van der Waals surface area contributed by atoms with Crippen LogP contribution in [0.4, 0.5) is 0 Å². The molecule has 0 aliphatic heterocycles. The molecule has 86 valence electrons. The predicted octanol–water partition coefficient (Wildman–Crippen LogP) is 2.91. The summed E-state index contributed by atoms with van der Waals surface area (Å²) < 4.78 is 0. The van der Waals surface area contributed by atoms with Gasteiger partial charge in [0.15, 0.2) is 0 Å². The number of nitrogens with two attached hydrogens (primary N) is 1. The number of rotatable bonds is 4. The maximum absolute atomic E-state index is 6.22. The van der Waals surface area contributed by atoms with E-state index in [1.807, 2.05) is 17.7 Å². The van der Waals surface area contributed by atoms with E-state index in [0.717, 1.165) is 26.9 Å². The molecule has 0 saturated carbocycles. The summed E-state index contributed by atoms with van der Waals surface area (Å²) in [5.74, 6) is 5.57. The quantitative estimate of drug-likeness (QED) is 0.665. The Labute approximate surface area is 107 Å². The number of aromatic nitrogens is 1. The Morgan fingerprint density at radius 1 is 1.56 bits per heavy atom. The lowest BCUT2D eigenvalue weighted by Gasteiger charge is -2.13. The summed E-state index contributed by atoms with van der Waals surface area (Å²) in [7, 11) is 0. The molecule has 2 aromatic heterocycles. The third-order valence-electron chi connectivity index (χ3n) is 2.31. The number of hydrogen-bond acceptors (Lipinski definition) is 5. The fourth-order valence-electron chi connectivity index (χ4n) is 1.44. The van der Waals surface area contributed by atoms with Crippen LogP contribution in [0.3, 0.4) is 0 Å². The highest BCUT2D eigenvalue weighted by Gasteiger charge is 2.18. The molecule has 2 aromatic rings. The first-order valence-corrected chi connectivity index (χ1v) is 6.94. The molecule has 0 amide bonds. The first-order chi connectivity index (χ1) is 7.72. The van der Waals surface area contributed by atoms with Crippen molar-refractivity contribution in [3.63, 3.8) is 0 Å². The molecule has 3 nitrogen and oxygen atoms in total. The lowest BCUT2D eigenvalue weighted by atomic mass is 10.1.